The lowest BCUT2D eigenvalue weighted by Gasteiger charge is -2.31. The fourth-order valence-corrected chi connectivity index (χ4v) is 5.10. The molecule has 1 aliphatic heterocycles. The maximum absolute atomic E-state index is 13.3. The molecule has 1 saturated heterocycles. The quantitative estimate of drug-likeness (QED) is 0.738. The van der Waals surface area contributed by atoms with Crippen LogP contribution in [-0.2, 0) is 14.8 Å². The summed E-state index contributed by atoms with van der Waals surface area (Å²) in [5, 5.41) is 2.87. The van der Waals surface area contributed by atoms with Crippen LogP contribution < -0.4 is 10.1 Å². The molecule has 1 heterocycles. The first-order valence-electron chi connectivity index (χ1n) is 9.30. The highest BCUT2D eigenvalue weighted by Gasteiger charge is 2.33. The lowest BCUT2D eigenvalue weighted by atomic mass is 9.99. The van der Waals surface area contributed by atoms with E-state index in [1.807, 2.05) is 6.92 Å². The van der Waals surface area contributed by atoms with Gasteiger partial charge in [0.15, 0.2) is 0 Å². The molecule has 29 heavy (non-hydrogen) atoms. The summed E-state index contributed by atoms with van der Waals surface area (Å²) in [5.74, 6) is -0.901. The van der Waals surface area contributed by atoms with Gasteiger partial charge in [-0.1, -0.05) is 17.7 Å². The number of carbonyl (C=O) groups excluding carboxylic acids is 1. The lowest BCUT2D eigenvalue weighted by molar-refractivity contribution is -0.120. The zero-order valence-electron chi connectivity index (χ0n) is 15.9. The Morgan fingerprint density at radius 1 is 1.31 bits per heavy atom. The average Bonchev–Trinajstić information content (AvgIpc) is 2.69. The second-order valence-corrected chi connectivity index (χ2v) is 9.07. The van der Waals surface area contributed by atoms with Gasteiger partial charge in [0.25, 0.3) is 0 Å². The molecule has 3 rings (SSSR count). The third-order valence-electron chi connectivity index (χ3n) is 4.69. The van der Waals surface area contributed by atoms with Crippen molar-refractivity contribution in [1.82, 2.24) is 4.31 Å². The number of benzene rings is 2. The van der Waals surface area contributed by atoms with Crippen molar-refractivity contribution in [3.63, 3.8) is 0 Å². The number of amides is 1. The summed E-state index contributed by atoms with van der Waals surface area (Å²) in [6.45, 7) is 2.59. The molecule has 0 aromatic heterocycles. The van der Waals surface area contributed by atoms with E-state index in [9.17, 15) is 17.6 Å². The Morgan fingerprint density at radius 3 is 2.79 bits per heavy atom. The van der Waals surface area contributed by atoms with Crippen molar-refractivity contribution in [2.75, 3.05) is 25.0 Å². The smallest absolute Gasteiger partial charge is 0.243 e. The van der Waals surface area contributed by atoms with Crippen LogP contribution in [0.25, 0.3) is 0 Å². The van der Waals surface area contributed by atoms with E-state index in [0.29, 0.717) is 37.4 Å². The Bertz CT molecular complexity index is 1000. The van der Waals surface area contributed by atoms with Gasteiger partial charge in [-0.3, -0.25) is 4.79 Å². The molecule has 2 aromatic carbocycles. The lowest BCUT2D eigenvalue weighted by Crippen LogP contribution is -2.43. The second-order valence-electron chi connectivity index (χ2n) is 6.73. The number of nitrogens with zero attached hydrogens (tertiary/aromatic N) is 1. The molecule has 1 aliphatic rings. The normalized spacial score (nSPS) is 17.7. The van der Waals surface area contributed by atoms with Gasteiger partial charge in [-0.25, -0.2) is 12.8 Å². The molecule has 0 unspecified atom stereocenters. The van der Waals surface area contributed by atoms with E-state index < -0.39 is 21.8 Å². The van der Waals surface area contributed by atoms with Crippen molar-refractivity contribution < 1.29 is 22.3 Å². The highest BCUT2D eigenvalue weighted by molar-refractivity contribution is 7.89. The molecular formula is C20H22ClFN2O4S. The standard InChI is InChI=1S/C20H22ClFN2O4S/c1-2-28-19-9-8-17(12-18(19)21)29(26,27)24-10-4-5-14(13-24)20(25)23-16-7-3-6-15(22)11-16/h3,6-9,11-12,14H,2,4-5,10,13H2,1H3,(H,23,25)/t14-/m0/s1. The first kappa shape index (κ1) is 21.5. The molecule has 1 atom stereocenters. The highest BCUT2D eigenvalue weighted by Crippen LogP contribution is 2.30. The third-order valence-corrected chi connectivity index (χ3v) is 6.84. The minimum Gasteiger partial charge on any atom is -0.492 e. The molecule has 0 bridgehead atoms. The van der Waals surface area contributed by atoms with Crippen LogP contribution in [0.3, 0.4) is 0 Å². The van der Waals surface area contributed by atoms with Gasteiger partial charge in [-0.2, -0.15) is 4.31 Å². The second kappa shape index (κ2) is 9.11. The molecule has 6 nitrogen and oxygen atoms in total. The van der Waals surface area contributed by atoms with E-state index in [-0.39, 0.29) is 22.4 Å². The monoisotopic (exact) mass is 440 g/mol. The number of sulfonamides is 1. The van der Waals surface area contributed by atoms with Crippen molar-refractivity contribution in [3.05, 3.63) is 53.3 Å². The third kappa shape index (κ3) is 5.07. The van der Waals surface area contributed by atoms with Crippen LogP contribution in [0.1, 0.15) is 19.8 Å². The minimum absolute atomic E-state index is 0.0499. The number of ether oxygens (including phenoxy) is 1. The fourth-order valence-electron chi connectivity index (χ4n) is 3.25. The fraction of sp³-hybridized carbons (Fsp3) is 0.350. The molecule has 156 valence electrons. The van der Waals surface area contributed by atoms with Crippen molar-refractivity contribution in [2.24, 2.45) is 5.92 Å². The Hall–Kier alpha value is -2.16. The largest absolute Gasteiger partial charge is 0.492 e. The first-order valence-corrected chi connectivity index (χ1v) is 11.1. The molecule has 1 amide bonds. The number of nitrogens with one attached hydrogen (secondary N) is 1. The highest BCUT2D eigenvalue weighted by atomic mass is 35.5. The van der Waals surface area contributed by atoms with Crippen LogP contribution >= 0.6 is 11.6 Å². The summed E-state index contributed by atoms with van der Waals surface area (Å²) < 4.78 is 46.0. The summed E-state index contributed by atoms with van der Waals surface area (Å²) >= 11 is 6.13. The summed E-state index contributed by atoms with van der Waals surface area (Å²) in [4.78, 5) is 12.6. The maximum atomic E-state index is 13.3. The van der Waals surface area contributed by atoms with Gasteiger partial charge in [0.05, 0.1) is 22.4 Å². The SMILES string of the molecule is CCOc1ccc(S(=O)(=O)N2CCC[C@H](C(=O)Nc3cccc(F)c3)C2)cc1Cl. The van der Waals surface area contributed by atoms with E-state index in [1.165, 1.54) is 40.7 Å². The number of anilines is 1. The number of halogens is 2. The van der Waals surface area contributed by atoms with Crippen LogP contribution in [0.4, 0.5) is 10.1 Å². The predicted molar refractivity (Wildman–Crippen MR) is 109 cm³/mol. The summed E-state index contributed by atoms with van der Waals surface area (Å²) in [6, 6.07) is 9.92. The number of carbonyl (C=O) groups is 1. The summed E-state index contributed by atoms with van der Waals surface area (Å²) in [7, 11) is -3.81. The Morgan fingerprint density at radius 2 is 2.10 bits per heavy atom. The van der Waals surface area contributed by atoms with Crippen molar-refractivity contribution in [1.29, 1.82) is 0 Å². The Kier molecular flexibility index (Phi) is 6.77. The molecule has 1 N–H and O–H groups in total. The molecular weight excluding hydrogens is 419 g/mol. The Balaban J connectivity index is 1.73. The van der Waals surface area contributed by atoms with Crippen LogP contribution in [0.2, 0.25) is 5.02 Å². The molecule has 0 saturated carbocycles. The zero-order valence-corrected chi connectivity index (χ0v) is 17.5. The number of piperidine rings is 1. The van der Waals surface area contributed by atoms with Crippen LogP contribution in [0, 0.1) is 11.7 Å². The van der Waals surface area contributed by atoms with Crippen LogP contribution in [0.5, 0.6) is 5.75 Å². The van der Waals surface area contributed by atoms with E-state index in [2.05, 4.69) is 5.32 Å². The van der Waals surface area contributed by atoms with E-state index in [1.54, 1.807) is 6.07 Å². The number of hydrogen-bond donors (Lipinski definition) is 1. The van der Waals surface area contributed by atoms with Crippen molar-refractivity contribution in [3.8, 4) is 5.75 Å². The summed E-state index contributed by atoms with van der Waals surface area (Å²) in [5.41, 5.74) is 0.341. The minimum atomic E-state index is -3.81. The average molecular weight is 441 g/mol. The van der Waals surface area contributed by atoms with E-state index >= 15 is 0 Å². The summed E-state index contributed by atoms with van der Waals surface area (Å²) in [6.07, 6.45) is 1.10. The van der Waals surface area contributed by atoms with Crippen molar-refractivity contribution >= 4 is 33.2 Å². The molecule has 1 fully saturated rings. The topological polar surface area (TPSA) is 75.7 Å². The van der Waals surface area contributed by atoms with E-state index in [0.717, 1.165) is 0 Å². The van der Waals surface area contributed by atoms with Gasteiger partial charge in [0.2, 0.25) is 15.9 Å². The van der Waals surface area contributed by atoms with Gasteiger partial charge in [-0.15, -0.1) is 0 Å². The molecule has 0 radical (unpaired) electrons. The Labute approximate surface area is 174 Å². The molecule has 2 aromatic rings. The van der Waals surface area contributed by atoms with Crippen molar-refractivity contribution in [2.45, 2.75) is 24.7 Å². The van der Waals surface area contributed by atoms with Gasteiger partial charge >= 0.3 is 0 Å². The molecule has 9 heteroatoms. The van der Waals surface area contributed by atoms with Crippen LogP contribution in [-0.4, -0.2) is 38.3 Å². The molecule has 0 aliphatic carbocycles. The number of rotatable bonds is 6. The van der Waals surface area contributed by atoms with Crippen LogP contribution in [0.15, 0.2) is 47.4 Å². The number of hydrogen-bond acceptors (Lipinski definition) is 4. The maximum Gasteiger partial charge on any atom is 0.243 e. The van der Waals surface area contributed by atoms with Gasteiger partial charge in [0, 0.05) is 18.8 Å². The first-order chi connectivity index (χ1) is 13.8. The van der Waals surface area contributed by atoms with Gasteiger partial charge < -0.3 is 10.1 Å². The zero-order chi connectivity index (χ0) is 21.0. The predicted octanol–water partition coefficient (Wildman–Crippen LogP) is 3.92. The van der Waals surface area contributed by atoms with Gasteiger partial charge in [-0.05, 0) is 56.2 Å². The van der Waals surface area contributed by atoms with E-state index in [4.69, 9.17) is 16.3 Å². The van der Waals surface area contributed by atoms with Gasteiger partial charge in [0.1, 0.15) is 11.6 Å². The molecule has 0 spiro atoms.